The maximum atomic E-state index is 12.2. The highest BCUT2D eigenvalue weighted by molar-refractivity contribution is 5.22. The van der Waals surface area contributed by atoms with Crippen LogP contribution in [0.5, 0.6) is 0 Å². The van der Waals surface area contributed by atoms with E-state index >= 15 is 0 Å². The van der Waals surface area contributed by atoms with E-state index in [9.17, 15) is 30.6 Å². The average molecular weight is 727 g/mol. The smallest absolute Gasteiger partial charge is 0.186 e. The molecule has 8 N–H and O–H groups in total. The Labute approximate surface area is 305 Å². The van der Waals surface area contributed by atoms with Crippen molar-refractivity contribution in [3.05, 3.63) is 11.6 Å². The molecule has 11 nitrogen and oxygen atoms in total. The van der Waals surface area contributed by atoms with Crippen LogP contribution in [0, 0.1) is 45.3 Å². The summed E-state index contributed by atoms with van der Waals surface area (Å²) >= 11 is 0. The molecule has 0 amide bonds. The van der Waals surface area contributed by atoms with Crippen LogP contribution in [0.3, 0.4) is 0 Å². The summed E-state index contributed by atoms with van der Waals surface area (Å²) in [5.41, 5.74) is -0.853. The second-order valence-corrected chi connectivity index (χ2v) is 19.1. The fraction of sp³-hybridized carbons (Fsp3) is 0.950. The predicted molar refractivity (Wildman–Crippen MR) is 191 cm³/mol. The largest absolute Gasteiger partial charge is 0.412 e. The molecule has 2 saturated heterocycles. The molecule has 4 aliphatic carbocycles. The highest BCUT2D eigenvalue weighted by Crippen LogP contribution is 2.76. The lowest BCUT2D eigenvalue weighted by molar-refractivity contribution is -0.345. The second-order valence-electron chi connectivity index (χ2n) is 19.1. The van der Waals surface area contributed by atoms with Crippen molar-refractivity contribution >= 4 is 0 Å². The minimum atomic E-state index is -1.41. The molecule has 51 heavy (non-hydrogen) atoms. The van der Waals surface area contributed by atoms with E-state index in [2.05, 4.69) is 54.5 Å². The number of fused-ring (bicyclic) bond motifs is 5. The molecule has 0 aromatic heterocycles. The third-order valence-corrected chi connectivity index (χ3v) is 15.5. The summed E-state index contributed by atoms with van der Waals surface area (Å²) in [4.78, 5) is 0. The van der Waals surface area contributed by atoms with Gasteiger partial charge >= 0.3 is 0 Å². The van der Waals surface area contributed by atoms with Crippen molar-refractivity contribution < 1.29 is 55.1 Å². The first-order valence-corrected chi connectivity index (χ1v) is 19.6. The van der Waals surface area contributed by atoms with Gasteiger partial charge in [0.05, 0.1) is 30.5 Å². The van der Waals surface area contributed by atoms with Crippen LogP contribution in [0.15, 0.2) is 11.6 Å². The van der Waals surface area contributed by atoms with Gasteiger partial charge in [-0.05, 0) is 130 Å². The van der Waals surface area contributed by atoms with Crippen LogP contribution in [0.1, 0.15) is 120 Å². The molecule has 0 spiro atoms. The Morgan fingerprint density at radius 3 is 2.22 bits per heavy atom. The van der Waals surface area contributed by atoms with Crippen LogP contribution < -0.4 is 0 Å². The van der Waals surface area contributed by atoms with Crippen molar-refractivity contribution in [1.82, 2.24) is 0 Å². The van der Waals surface area contributed by atoms with Gasteiger partial charge in [0, 0.05) is 6.61 Å². The van der Waals surface area contributed by atoms with Crippen LogP contribution in [0.4, 0.5) is 0 Å². The van der Waals surface area contributed by atoms with Crippen LogP contribution in [0.25, 0.3) is 0 Å². The van der Waals surface area contributed by atoms with E-state index in [1.807, 2.05) is 6.92 Å². The summed E-state index contributed by atoms with van der Waals surface area (Å²) in [5.74, 6) is 0.0845. The minimum absolute atomic E-state index is 0. The lowest BCUT2D eigenvalue weighted by Gasteiger charge is -2.72. The maximum Gasteiger partial charge on any atom is 0.186 e. The van der Waals surface area contributed by atoms with E-state index in [0.717, 1.165) is 38.5 Å². The molecule has 2 aliphatic heterocycles. The lowest BCUT2D eigenvalue weighted by atomic mass is 9.34. The van der Waals surface area contributed by atoms with E-state index in [0.29, 0.717) is 32.3 Å². The van der Waals surface area contributed by atoms with Gasteiger partial charge in [0.25, 0.3) is 0 Å². The molecule has 11 heteroatoms. The Morgan fingerprint density at radius 2 is 1.53 bits per heavy atom. The molecule has 6 rings (SSSR count). The van der Waals surface area contributed by atoms with Crippen molar-refractivity contribution in [2.24, 2.45) is 45.3 Å². The van der Waals surface area contributed by atoms with Gasteiger partial charge in [-0.3, -0.25) is 0 Å². The number of rotatable bonds is 8. The molecule has 0 radical (unpaired) electrons. The summed E-state index contributed by atoms with van der Waals surface area (Å²) in [7, 11) is 0. The van der Waals surface area contributed by atoms with Gasteiger partial charge in [0.1, 0.15) is 24.4 Å². The van der Waals surface area contributed by atoms with Crippen molar-refractivity contribution in [2.45, 2.75) is 181 Å². The van der Waals surface area contributed by atoms with Crippen molar-refractivity contribution in [3.63, 3.8) is 0 Å². The quantitative estimate of drug-likeness (QED) is 0.159. The summed E-state index contributed by atoms with van der Waals surface area (Å²) in [6.45, 7) is 18.0. The second kappa shape index (κ2) is 14.8. The summed E-state index contributed by atoms with van der Waals surface area (Å²) in [6, 6.07) is 0. The molecule has 6 unspecified atom stereocenters. The SMILES string of the molecule is CC(C)=CCC[C@](C)(O)C1CC[C@]2(C)C1[C@H](O)CC1[C@@]3(C)CC[C@H](O)C(C)(C)C3[C@@H](O[C@@H]3OCCCC3O[C@@H]3OC[C@H](O)[C@@H](O)C3O)C[C@]12C.O. The molecule has 0 bridgehead atoms. The number of allylic oxidation sites excluding steroid dienone is 2. The Kier molecular flexibility index (Phi) is 12.0. The molecule has 6 fully saturated rings. The summed E-state index contributed by atoms with van der Waals surface area (Å²) in [6.07, 6.45) is 1.95. The van der Waals surface area contributed by atoms with Crippen molar-refractivity contribution in [1.29, 1.82) is 0 Å². The van der Waals surface area contributed by atoms with Crippen LogP contribution in [-0.4, -0.2) is 110 Å². The fourth-order valence-corrected chi connectivity index (χ4v) is 12.8. The van der Waals surface area contributed by atoms with E-state index in [-0.39, 0.29) is 58.1 Å². The zero-order valence-corrected chi connectivity index (χ0v) is 32.4. The van der Waals surface area contributed by atoms with E-state index in [4.69, 9.17) is 18.9 Å². The zero-order chi connectivity index (χ0) is 36.6. The van der Waals surface area contributed by atoms with Crippen molar-refractivity contribution in [3.8, 4) is 0 Å². The number of ether oxygens (including phenoxy) is 4. The average Bonchev–Trinajstić information content (AvgIpc) is 3.42. The summed E-state index contributed by atoms with van der Waals surface area (Å²) in [5, 5.41) is 66.7. The standard InChI is InChI=1S/C40H68O10.H2O/c1-22(2)11-9-15-40(8,46)23-13-17-38(6)30(23)24(41)19-28-37(5)16-14-29(43)36(3,4)33(37)27(20-39(28,38)7)50-34-26(12-10-18-47-34)49-35-32(45)31(44)25(42)21-48-35;/h11,23-35,41-46H,9-10,12-21H2,1-8H3;1H2/t23?,24-,25+,26?,27+,28?,29+,30?,31-,32?,33?,34+,35+,37-,38-,39-,40+;/m1./s1. The van der Waals surface area contributed by atoms with Gasteiger partial charge in [0.2, 0.25) is 0 Å². The van der Waals surface area contributed by atoms with Gasteiger partial charge in [-0.15, -0.1) is 0 Å². The molecule has 296 valence electrons. The lowest BCUT2D eigenvalue weighted by Crippen LogP contribution is -2.70. The van der Waals surface area contributed by atoms with Crippen LogP contribution >= 0.6 is 0 Å². The van der Waals surface area contributed by atoms with E-state index in [1.165, 1.54) is 5.57 Å². The van der Waals surface area contributed by atoms with Gasteiger partial charge in [-0.1, -0.05) is 46.3 Å². The third-order valence-electron chi connectivity index (χ3n) is 15.5. The minimum Gasteiger partial charge on any atom is -0.412 e. The molecule has 4 saturated carbocycles. The molecule has 6 aliphatic rings. The summed E-state index contributed by atoms with van der Waals surface area (Å²) < 4.78 is 25.4. The normalized spacial score (nSPS) is 50.5. The van der Waals surface area contributed by atoms with Crippen molar-refractivity contribution in [2.75, 3.05) is 13.2 Å². The number of hydrogen-bond donors (Lipinski definition) is 6. The number of aliphatic hydroxyl groups excluding tert-OH is 5. The number of aliphatic hydroxyl groups is 6. The monoisotopic (exact) mass is 726 g/mol. The van der Waals surface area contributed by atoms with Gasteiger partial charge < -0.3 is 55.1 Å². The van der Waals surface area contributed by atoms with Gasteiger partial charge in [-0.25, -0.2) is 0 Å². The Balaban J connectivity index is 0.00000504. The first-order valence-electron chi connectivity index (χ1n) is 19.6. The van der Waals surface area contributed by atoms with E-state index in [1.54, 1.807) is 0 Å². The molecule has 0 aromatic carbocycles. The number of hydrogen-bond acceptors (Lipinski definition) is 10. The zero-order valence-electron chi connectivity index (χ0n) is 32.4. The first-order chi connectivity index (χ1) is 23.3. The third kappa shape index (κ3) is 6.91. The topological polar surface area (TPSA) is 190 Å². The molecular formula is C40H70O11. The highest BCUT2D eigenvalue weighted by Gasteiger charge is 2.73. The van der Waals surface area contributed by atoms with E-state index < -0.39 is 60.2 Å². The Morgan fingerprint density at radius 1 is 0.843 bits per heavy atom. The molecule has 0 aromatic rings. The first kappa shape index (κ1) is 41.5. The van der Waals surface area contributed by atoms with Crippen LogP contribution in [-0.2, 0) is 18.9 Å². The van der Waals surface area contributed by atoms with Gasteiger partial charge in [0.15, 0.2) is 12.6 Å². The van der Waals surface area contributed by atoms with Crippen LogP contribution in [0.2, 0.25) is 0 Å². The fourth-order valence-electron chi connectivity index (χ4n) is 12.8. The molecular weight excluding hydrogens is 656 g/mol. The molecule has 17 atom stereocenters. The predicted octanol–water partition coefficient (Wildman–Crippen LogP) is 3.63. The molecule has 2 heterocycles. The Hall–Kier alpha value is -0.700. The highest BCUT2D eigenvalue weighted by atomic mass is 16.7. The Bertz CT molecular complexity index is 1240. The maximum absolute atomic E-state index is 12.2. The van der Waals surface area contributed by atoms with Gasteiger partial charge in [-0.2, -0.15) is 0 Å².